The predicted octanol–water partition coefficient (Wildman–Crippen LogP) is 14.7. The summed E-state index contributed by atoms with van der Waals surface area (Å²) in [7, 11) is 0. The number of benzene rings is 3. The van der Waals surface area contributed by atoms with Crippen molar-refractivity contribution in [3.8, 4) is 0 Å². The van der Waals surface area contributed by atoms with E-state index in [0.29, 0.717) is 82.8 Å². The molecule has 1 amide bonds. The van der Waals surface area contributed by atoms with Crippen LogP contribution in [0.15, 0.2) is 114 Å². The van der Waals surface area contributed by atoms with Crippen molar-refractivity contribution in [1.29, 1.82) is 0 Å². The topological polar surface area (TPSA) is 396 Å². The molecular formula is C88H107ClN26O10S3. The smallest absolute Gasteiger partial charge is 0.408 e. The SMILES string of the molecule is CCOC(=O)c1csc(N2CCN(c3nc([C@@H](N)CC)nc4ccccc34)CC2)n1.CCOC(=O)c1csc(N2CCN(c3nc([C@H](CC)NC(=O)OC(C)(C)C)nc4ccccc34)CC2)n1.CCOC(=O)c1csc(N2CCN(c3nc([C@H](CC)Nc4ncnc5c4ncn5C4CCCCO4)nc4ccccc34)CC2)n1.Clc1ncnc2c1ncn2C1CCCCO1. The number of thiazole rings is 3. The number of esters is 3. The Labute approximate surface area is 757 Å². The number of aromatic nitrogens is 17. The van der Waals surface area contributed by atoms with Crippen molar-refractivity contribution < 1.29 is 47.6 Å². The summed E-state index contributed by atoms with van der Waals surface area (Å²) in [5.74, 6) is 4.14. The zero-order valence-corrected chi connectivity index (χ0v) is 76.5. The summed E-state index contributed by atoms with van der Waals surface area (Å²) in [6, 6.07) is 23.4. The van der Waals surface area contributed by atoms with E-state index in [1.165, 1.54) is 46.8 Å². The Balaban J connectivity index is 0.000000138. The number of fused-ring (bicyclic) bond motifs is 5. The second-order valence-corrected chi connectivity index (χ2v) is 34.7. The van der Waals surface area contributed by atoms with Gasteiger partial charge in [-0.1, -0.05) is 68.8 Å². The molecule has 2 unspecified atom stereocenters. The largest absolute Gasteiger partial charge is 0.461 e. The van der Waals surface area contributed by atoms with Crippen molar-refractivity contribution in [2.24, 2.45) is 5.73 Å². The highest BCUT2D eigenvalue weighted by Crippen LogP contribution is 2.37. The molecule has 5 aliphatic heterocycles. The van der Waals surface area contributed by atoms with Crippen LogP contribution < -0.4 is 45.8 Å². The lowest BCUT2D eigenvalue weighted by atomic mass is 10.1. The molecule has 4 N–H and O–H groups in total. The standard InChI is InChI=1S/C31H36N10O3S.C26H34N6O4S.C21H26N6O2S.C10H11ClN4O/c1-3-21(35-27-25-29(33-18-32-27)41(19-34-25)24-11-7-8-16-44-24)26-36-22-10-6-5-9-20(22)28(38-26)39-12-14-40(15-13-39)31-37-23(17-45-31)30(42)43-4-2;1-6-18(29-25(34)36-26(3,4)5)21-27-19-11-9-8-10-17(19)22(30-21)31-12-14-32(15-13-31)24-28-20(16-37-24)23(33)35-7-2;1-3-15(22)18-23-16-8-6-5-7-14(16)19(25-18)26-9-11-27(12-10-26)21-24-17(13-30-21)20(28)29-4-2;11-9-8-10(13-5-12-9)15(6-14-8)7-3-1-2-4-16-7/h5-6,9-10,17-19,21,24H,3-4,7-8,11-16H2,1-2H3,(H,32,33,35);8-11,16,18H,6-7,12-15H2,1-5H3,(H,29,34);5-8,13,15H,3-4,9-12,22H2,1-2H3;5-7H,1-4H2/t21-,24?;18-;15-;/m000./s1. The number of ether oxygens (including phenoxy) is 6. The average molecular weight is 1820 g/mol. The first-order valence-corrected chi connectivity index (χ1v) is 46.7. The number of alkyl carbamates (subject to hydrolysis) is 1. The van der Waals surface area contributed by atoms with Gasteiger partial charge in [0.25, 0.3) is 0 Å². The van der Waals surface area contributed by atoms with Crippen LogP contribution in [-0.4, -0.2) is 225 Å². The number of hydrogen-bond acceptors (Lipinski definition) is 36. The van der Waals surface area contributed by atoms with Gasteiger partial charge >= 0.3 is 24.0 Å². The van der Waals surface area contributed by atoms with Gasteiger partial charge in [0, 0.05) is 124 Å². The number of anilines is 7. The summed E-state index contributed by atoms with van der Waals surface area (Å²) < 4.78 is 36.3. The molecule has 0 spiro atoms. The number of carbonyl (C=O) groups is 4. The number of para-hydroxylation sites is 3. The van der Waals surface area contributed by atoms with E-state index in [0.717, 1.165) is 214 Å². The summed E-state index contributed by atoms with van der Waals surface area (Å²) in [5.41, 5.74) is 12.2. The highest BCUT2D eigenvalue weighted by molar-refractivity contribution is 7.14. The van der Waals surface area contributed by atoms with Crippen LogP contribution in [-0.2, 0) is 28.4 Å². The molecule has 36 nitrogen and oxygen atoms in total. The highest BCUT2D eigenvalue weighted by Gasteiger charge is 2.32. The van der Waals surface area contributed by atoms with Crippen LogP contribution in [0.2, 0.25) is 5.15 Å². The molecule has 128 heavy (non-hydrogen) atoms. The molecule has 18 rings (SSSR count). The number of amides is 1. The predicted molar refractivity (Wildman–Crippen MR) is 496 cm³/mol. The molecule has 0 radical (unpaired) electrons. The first kappa shape index (κ1) is 90.9. The third kappa shape index (κ3) is 21.6. The summed E-state index contributed by atoms with van der Waals surface area (Å²) in [5, 5.41) is 17.7. The maximum atomic E-state index is 12.5. The monoisotopic (exact) mass is 1820 g/mol. The van der Waals surface area contributed by atoms with Crippen molar-refractivity contribution in [3.05, 3.63) is 154 Å². The summed E-state index contributed by atoms with van der Waals surface area (Å²) in [6.45, 7) is 28.7. The second-order valence-electron chi connectivity index (χ2n) is 31.8. The Hall–Kier alpha value is -11.9. The van der Waals surface area contributed by atoms with Crippen molar-refractivity contribution in [1.82, 2.24) is 89.2 Å². The fourth-order valence-electron chi connectivity index (χ4n) is 15.5. The van der Waals surface area contributed by atoms with E-state index in [1.54, 1.807) is 55.9 Å². The molecule has 15 heterocycles. The third-order valence-electron chi connectivity index (χ3n) is 22.1. The van der Waals surface area contributed by atoms with Crippen LogP contribution in [0.5, 0.6) is 0 Å². The van der Waals surface area contributed by atoms with Crippen molar-refractivity contribution >= 4 is 163 Å². The highest BCUT2D eigenvalue weighted by atomic mass is 35.5. The van der Waals surface area contributed by atoms with Crippen molar-refractivity contribution in [2.45, 2.75) is 156 Å². The maximum Gasteiger partial charge on any atom is 0.408 e. The number of nitrogens with two attached hydrogens (primary N) is 1. The number of hydrogen-bond donors (Lipinski definition) is 3. The normalized spacial score (nSPS) is 16.9. The van der Waals surface area contributed by atoms with E-state index in [9.17, 15) is 19.2 Å². The minimum atomic E-state index is -0.591. The minimum absolute atomic E-state index is 0.0321. The second kappa shape index (κ2) is 42.4. The van der Waals surface area contributed by atoms with Gasteiger partial charge in [0.2, 0.25) is 0 Å². The maximum absolute atomic E-state index is 12.5. The quantitative estimate of drug-likeness (QED) is 0.0304. The van der Waals surface area contributed by atoms with Crippen LogP contribution in [0, 0.1) is 0 Å². The molecule has 13 aromatic rings. The molecule has 5 saturated heterocycles. The first-order valence-electron chi connectivity index (χ1n) is 43.7. The third-order valence-corrected chi connectivity index (χ3v) is 25.1. The van der Waals surface area contributed by atoms with Gasteiger partial charge in [0.1, 0.15) is 59.5 Å². The van der Waals surface area contributed by atoms with Gasteiger partial charge in [-0.2, -0.15) is 0 Å². The molecule has 5 fully saturated rings. The van der Waals surface area contributed by atoms with Gasteiger partial charge in [-0.3, -0.25) is 9.13 Å². The lowest BCUT2D eigenvalue weighted by Gasteiger charge is -2.36. The number of halogens is 1. The Morgan fingerprint density at radius 1 is 0.469 bits per heavy atom. The molecule has 10 aromatic heterocycles. The molecular weight excluding hydrogens is 1710 g/mol. The molecule has 0 aliphatic carbocycles. The average Bonchev–Trinajstić information content (AvgIpc) is 1.76. The zero-order valence-electron chi connectivity index (χ0n) is 73.3. The van der Waals surface area contributed by atoms with E-state index in [2.05, 4.69) is 109 Å². The summed E-state index contributed by atoms with van der Waals surface area (Å²) in [4.78, 5) is 131. The Bertz CT molecular complexity index is 5950. The summed E-state index contributed by atoms with van der Waals surface area (Å²) >= 11 is 10.3. The Morgan fingerprint density at radius 3 is 1.25 bits per heavy atom. The van der Waals surface area contributed by atoms with Crippen LogP contribution in [0.25, 0.3) is 55.0 Å². The molecule has 0 saturated carbocycles. The molecule has 40 heteroatoms. The number of piperazine rings is 3. The van der Waals surface area contributed by atoms with E-state index in [-0.39, 0.29) is 42.5 Å². The van der Waals surface area contributed by atoms with Gasteiger partial charge in [-0.15, -0.1) is 34.0 Å². The van der Waals surface area contributed by atoms with Gasteiger partial charge in [0.15, 0.2) is 71.9 Å². The molecule has 674 valence electrons. The van der Waals surface area contributed by atoms with Gasteiger partial charge in [-0.25, -0.2) is 93.9 Å². The van der Waals surface area contributed by atoms with Gasteiger partial charge < -0.3 is 74.2 Å². The molecule has 0 bridgehead atoms. The lowest BCUT2D eigenvalue weighted by molar-refractivity contribution is -0.0299. The molecule has 5 atom stereocenters. The zero-order chi connectivity index (χ0) is 89.4. The van der Waals surface area contributed by atoms with Crippen molar-refractivity contribution in [3.63, 3.8) is 0 Å². The number of imidazole rings is 2. The van der Waals surface area contributed by atoms with Crippen LogP contribution in [0.1, 0.15) is 200 Å². The Morgan fingerprint density at radius 2 is 0.852 bits per heavy atom. The number of nitrogens with zero attached hydrogens (tertiary/aromatic N) is 23. The molecule has 5 aliphatic rings. The van der Waals surface area contributed by atoms with Crippen LogP contribution >= 0.6 is 45.6 Å². The number of nitrogens with one attached hydrogen (secondary N) is 2. The van der Waals surface area contributed by atoms with Crippen LogP contribution in [0.3, 0.4) is 0 Å². The van der Waals surface area contributed by atoms with Gasteiger partial charge in [0.05, 0.1) is 67.2 Å². The van der Waals surface area contributed by atoms with Crippen LogP contribution in [0.4, 0.5) is 43.5 Å². The number of rotatable bonds is 23. The fraction of sp³-hybridized carbons (Fsp3) is 0.466. The first-order chi connectivity index (χ1) is 62.3. The van der Waals surface area contributed by atoms with Crippen molar-refractivity contribution in [2.75, 3.05) is 146 Å². The number of carbonyl (C=O) groups excluding carboxylic acids is 4. The summed E-state index contributed by atoms with van der Waals surface area (Å²) in [6.07, 6.45) is 14.6. The lowest BCUT2D eigenvalue weighted by Crippen LogP contribution is -2.47. The molecule has 3 aromatic carbocycles. The minimum Gasteiger partial charge on any atom is -0.461 e. The van der Waals surface area contributed by atoms with E-state index < -0.39 is 17.7 Å². The van der Waals surface area contributed by atoms with E-state index in [4.69, 9.17) is 70.7 Å². The van der Waals surface area contributed by atoms with Gasteiger partial charge in [-0.05, 0) is 136 Å². The van der Waals surface area contributed by atoms with E-state index >= 15 is 0 Å². The van der Waals surface area contributed by atoms with E-state index in [1.807, 2.05) is 104 Å². The fourth-order valence-corrected chi connectivity index (χ4v) is 18.2. The Kier molecular flexibility index (Phi) is 30.1.